The second kappa shape index (κ2) is 8.32. The summed E-state index contributed by atoms with van der Waals surface area (Å²) in [7, 11) is 1.84. The number of hydrogen-bond acceptors (Lipinski definition) is 3. The first-order chi connectivity index (χ1) is 11.8. The first-order valence-electron chi connectivity index (χ1n) is 9.04. The number of aliphatic carboxylic acids is 1. The Balaban J connectivity index is 2.24. The summed E-state index contributed by atoms with van der Waals surface area (Å²) in [6.45, 7) is 7.14. The molecule has 1 fully saturated rings. The fraction of sp³-hybridized carbons (Fsp3) is 0.632. The second-order valence-corrected chi connectivity index (χ2v) is 7.32. The lowest BCUT2D eigenvalue weighted by Gasteiger charge is -2.38. The van der Waals surface area contributed by atoms with E-state index >= 15 is 0 Å². The molecule has 2 rings (SSSR count). The Hall–Kier alpha value is -2.11. The van der Waals surface area contributed by atoms with Crippen molar-refractivity contribution in [3.8, 4) is 0 Å². The molecule has 138 valence electrons. The van der Waals surface area contributed by atoms with Gasteiger partial charge in [-0.1, -0.05) is 27.2 Å². The molecule has 1 aromatic heterocycles. The van der Waals surface area contributed by atoms with Gasteiger partial charge in [0.05, 0.1) is 11.6 Å². The number of rotatable bonds is 6. The quantitative estimate of drug-likeness (QED) is 0.803. The summed E-state index contributed by atoms with van der Waals surface area (Å²) >= 11 is 0. The Morgan fingerprint density at radius 1 is 1.40 bits per heavy atom. The van der Waals surface area contributed by atoms with Crippen LogP contribution in [0.3, 0.4) is 0 Å². The zero-order valence-electron chi connectivity index (χ0n) is 15.6. The van der Waals surface area contributed by atoms with E-state index in [1.54, 1.807) is 9.58 Å². The maximum Gasteiger partial charge on any atom is 0.308 e. The van der Waals surface area contributed by atoms with Crippen molar-refractivity contribution in [3.05, 3.63) is 23.5 Å². The fourth-order valence-electron chi connectivity index (χ4n) is 3.37. The molecule has 0 spiro atoms. The van der Waals surface area contributed by atoms with Gasteiger partial charge in [-0.3, -0.25) is 14.3 Å². The minimum atomic E-state index is -0.811. The van der Waals surface area contributed by atoms with Gasteiger partial charge < -0.3 is 10.0 Å². The summed E-state index contributed by atoms with van der Waals surface area (Å²) in [6.07, 6.45) is 5.84. The minimum absolute atomic E-state index is 0.0518. The van der Waals surface area contributed by atoms with Crippen LogP contribution in [0.25, 0.3) is 6.08 Å². The molecule has 0 bridgehead atoms. The maximum absolute atomic E-state index is 13.1. The highest BCUT2D eigenvalue weighted by atomic mass is 16.4. The van der Waals surface area contributed by atoms with Gasteiger partial charge in [0.15, 0.2) is 0 Å². The zero-order chi connectivity index (χ0) is 18.6. The van der Waals surface area contributed by atoms with E-state index in [4.69, 9.17) is 0 Å². The third-order valence-electron chi connectivity index (χ3n) is 4.91. The van der Waals surface area contributed by atoms with Crippen molar-refractivity contribution in [2.45, 2.75) is 40.0 Å². The highest BCUT2D eigenvalue weighted by Crippen LogP contribution is 2.29. The number of piperidine rings is 1. The van der Waals surface area contributed by atoms with Crippen LogP contribution in [0.1, 0.15) is 45.7 Å². The van der Waals surface area contributed by atoms with Gasteiger partial charge in [-0.15, -0.1) is 0 Å². The average molecular weight is 347 g/mol. The number of carbonyl (C=O) groups is 2. The van der Waals surface area contributed by atoms with E-state index in [1.165, 1.54) is 0 Å². The number of aromatic nitrogens is 2. The van der Waals surface area contributed by atoms with Crippen molar-refractivity contribution >= 4 is 18.0 Å². The highest BCUT2D eigenvalue weighted by Gasteiger charge is 2.35. The number of hydrogen-bond donors (Lipinski definition) is 1. The van der Waals surface area contributed by atoms with Crippen molar-refractivity contribution in [1.29, 1.82) is 0 Å². The normalized spacial score (nSPS) is 21.6. The first kappa shape index (κ1) is 19.2. The number of carboxylic acids is 1. The van der Waals surface area contributed by atoms with Crippen LogP contribution < -0.4 is 0 Å². The molecule has 6 nitrogen and oxygen atoms in total. The van der Waals surface area contributed by atoms with Crippen LogP contribution in [0.15, 0.2) is 17.8 Å². The van der Waals surface area contributed by atoms with E-state index in [0.717, 1.165) is 12.1 Å². The van der Waals surface area contributed by atoms with Crippen LogP contribution in [0.4, 0.5) is 0 Å². The Morgan fingerprint density at radius 3 is 2.64 bits per heavy atom. The summed E-state index contributed by atoms with van der Waals surface area (Å²) in [5.74, 6) is -0.774. The number of amides is 1. The van der Waals surface area contributed by atoms with Crippen LogP contribution >= 0.6 is 0 Å². The Kier molecular flexibility index (Phi) is 6.39. The molecular weight excluding hydrogens is 318 g/mol. The standard InChI is InChI=1S/C19H29N3O3/c1-5-6-14(10-17-7-8-21(4)20-17)18(23)22-11-15(13(2)3)9-16(12-22)19(24)25/h7-8,10,13,15-16H,5-6,9,11-12H2,1-4H3,(H,24,25)/b14-10+. The molecule has 1 amide bonds. The molecule has 0 aromatic carbocycles. The molecular formula is C19H29N3O3. The number of nitrogens with zero attached hydrogens (tertiary/aromatic N) is 3. The van der Waals surface area contributed by atoms with Crippen LogP contribution in [0.2, 0.25) is 0 Å². The van der Waals surface area contributed by atoms with E-state index in [2.05, 4.69) is 18.9 Å². The van der Waals surface area contributed by atoms with Crippen molar-refractivity contribution in [2.24, 2.45) is 24.8 Å². The SMILES string of the molecule is CCC/C(=C\c1ccn(C)n1)C(=O)N1CC(C(=O)O)CC(C(C)C)C1. The fourth-order valence-corrected chi connectivity index (χ4v) is 3.37. The van der Waals surface area contributed by atoms with Gasteiger partial charge in [0, 0.05) is 31.9 Å². The summed E-state index contributed by atoms with van der Waals surface area (Å²) in [4.78, 5) is 26.3. The molecule has 6 heteroatoms. The average Bonchev–Trinajstić information content (AvgIpc) is 2.98. The summed E-state index contributed by atoms with van der Waals surface area (Å²) < 4.78 is 1.70. The lowest BCUT2D eigenvalue weighted by atomic mass is 9.82. The van der Waals surface area contributed by atoms with Gasteiger partial charge in [0.25, 0.3) is 0 Å². The zero-order valence-corrected chi connectivity index (χ0v) is 15.6. The monoisotopic (exact) mass is 347 g/mol. The largest absolute Gasteiger partial charge is 0.481 e. The van der Waals surface area contributed by atoms with E-state index in [0.29, 0.717) is 37.4 Å². The molecule has 1 aliphatic heterocycles. The number of aryl methyl sites for hydroxylation is 1. The highest BCUT2D eigenvalue weighted by molar-refractivity contribution is 5.98. The second-order valence-electron chi connectivity index (χ2n) is 7.32. The Bertz CT molecular complexity index is 648. The predicted molar refractivity (Wildman–Crippen MR) is 96.7 cm³/mol. The molecule has 2 unspecified atom stereocenters. The predicted octanol–water partition coefficient (Wildman–Crippen LogP) is 2.81. The van der Waals surface area contributed by atoms with Crippen molar-refractivity contribution in [3.63, 3.8) is 0 Å². The Morgan fingerprint density at radius 2 is 2.12 bits per heavy atom. The lowest BCUT2D eigenvalue weighted by molar-refractivity contribution is -0.146. The molecule has 0 saturated carbocycles. The smallest absolute Gasteiger partial charge is 0.308 e. The van der Waals surface area contributed by atoms with Gasteiger partial charge in [0.2, 0.25) is 5.91 Å². The topological polar surface area (TPSA) is 75.4 Å². The van der Waals surface area contributed by atoms with Crippen LogP contribution in [0, 0.1) is 17.8 Å². The molecule has 0 radical (unpaired) electrons. The van der Waals surface area contributed by atoms with E-state index in [1.807, 2.05) is 32.3 Å². The summed E-state index contributed by atoms with van der Waals surface area (Å²) in [5, 5.41) is 13.8. The van der Waals surface area contributed by atoms with Gasteiger partial charge in [-0.05, 0) is 36.8 Å². The molecule has 1 aliphatic rings. The van der Waals surface area contributed by atoms with Crippen molar-refractivity contribution in [2.75, 3.05) is 13.1 Å². The summed E-state index contributed by atoms with van der Waals surface area (Å²) in [5.41, 5.74) is 1.46. The molecule has 1 N–H and O–H groups in total. The van der Waals surface area contributed by atoms with Gasteiger partial charge in [-0.25, -0.2) is 0 Å². The van der Waals surface area contributed by atoms with E-state index < -0.39 is 11.9 Å². The number of likely N-dealkylation sites (tertiary alicyclic amines) is 1. The first-order valence-corrected chi connectivity index (χ1v) is 9.04. The lowest BCUT2D eigenvalue weighted by Crippen LogP contribution is -2.47. The Labute approximate surface area is 149 Å². The van der Waals surface area contributed by atoms with Gasteiger partial charge in [0.1, 0.15) is 0 Å². The summed E-state index contributed by atoms with van der Waals surface area (Å²) in [6, 6.07) is 1.87. The van der Waals surface area contributed by atoms with Crippen LogP contribution in [-0.2, 0) is 16.6 Å². The molecule has 1 saturated heterocycles. The van der Waals surface area contributed by atoms with Gasteiger partial charge in [-0.2, -0.15) is 5.10 Å². The maximum atomic E-state index is 13.1. The molecule has 0 aliphatic carbocycles. The van der Waals surface area contributed by atoms with Crippen LogP contribution in [-0.4, -0.2) is 44.8 Å². The molecule has 2 heterocycles. The molecule has 2 atom stereocenters. The van der Waals surface area contributed by atoms with E-state index in [9.17, 15) is 14.7 Å². The third kappa shape index (κ3) is 4.94. The number of carbonyl (C=O) groups excluding carboxylic acids is 1. The molecule has 1 aromatic rings. The van der Waals surface area contributed by atoms with E-state index in [-0.39, 0.29) is 11.8 Å². The van der Waals surface area contributed by atoms with Gasteiger partial charge >= 0.3 is 5.97 Å². The molecule has 25 heavy (non-hydrogen) atoms. The number of carboxylic acid groups (broad SMARTS) is 1. The van der Waals surface area contributed by atoms with Crippen LogP contribution in [0.5, 0.6) is 0 Å². The van der Waals surface area contributed by atoms with Crippen molar-refractivity contribution in [1.82, 2.24) is 14.7 Å². The third-order valence-corrected chi connectivity index (χ3v) is 4.91. The van der Waals surface area contributed by atoms with Crippen molar-refractivity contribution < 1.29 is 14.7 Å². The minimum Gasteiger partial charge on any atom is -0.481 e.